The van der Waals surface area contributed by atoms with Crippen LogP contribution in [0.3, 0.4) is 0 Å². The average Bonchev–Trinajstić information content (AvgIpc) is 2.48. The van der Waals surface area contributed by atoms with Gasteiger partial charge in [-0.2, -0.15) is 0 Å². The number of nitrogens with zero attached hydrogens (tertiary/aromatic N) is 2. The third-order valence-electron chi connectivity index (χ3n) is 4.08. The molecule has 1 fully saturated rings. The highest BCUT2D eigenvalue weighted by Crippen LogP contribution is 2.31. The number of aromatic nitrogens is 1. The maximum Gasteiger partial charge on any atom is 0.183 e. The molecule has 1 aliphatic heterocycles. The number of hydrogen-bond acceptors (Lipinski definition) is 5. The van der Waals surface area contributed by atoms with Gasteiger partial charge in [-0.1, -0.05) is 6.42 Å². The third kappa shape index (κ3) is 4.08. The molecule has 2 heterocycles. The van der Waals surface area contributed by atoms with Gasteiger partial charge in [0.15, 0.2) is 11.5 Å². The number of likely N-dealkylation sites (tertiary alicyclic amines) is 1. The van der Waals surface area contributed by atoms with E-state index in [1.165, 1.54) is 12.8 Å². The summed E-state index contributed by atoms with van der Waals surface area (Å²) in [7, 11) is 3.28. The number of methoxy groups -OCH3 is 2. The maximum atomic E-state index is 9.68. The fourth-order valence-electron chi connectivity index (χ4n) is 3.08. The summed E-state index contributed by atoms with van der Waals surface area (Å²) in [6.45, 7) is 3.63. The molecule has 1 saturated heterocycles. The third-order valence-corrected chi connectivity index (χ3v) is 4.08. The summed E-state index contributed by atoms with van der Waals surface area (Å²) in [4.78, 5) is 6.86. The van der Waals surface area contributed by atoms with Gasteiger partial charge in [-0.3, -0.25) is 9.88 Å². The summed E-state index contributed by atoms with van der Waals surface area (Å²) in [5.41, 5.74) is 0.898. The van der Waals surface area contributed by atoms with Gasteiger partial charge in [-0.05, 0) is 32.7 Å². The van der Waals surface area contributed by atoms with Crippen molar-refractivity contribution in [2.75, 3.05) is 20.8 Å². The fraction of sp³-hybridized carbons (Fsp3) is 0.688. The Balaban J connectivity index is 2.15. The Kier molecular flexibility index (Phi) is 5.82. The number of ether oxygens (including phenoxy) is 2. The van der Waals surface area contributed by atoms with Crippen LogP contribution in [0, 0.1) is 0 Å². The molecule has 1 aliphatic rings. The lowest BCUT2D eigenvalue weighted by Gasteiger charge is -2.36. The zero-order chi connectivity index (χ0) is 15.2. The van der Waals surface area contributed by atoms with Crippen LogP contribution < -0.4 is 9.47 Å². The Labute approximate surface area is 126 Å². The molecule has 0 bridgehead atoms. The summed E-state index contributed by atoms with van der Waals surface area (Å²) < 4.78 is 10.8. The number of aliphatic hydroxyl groups is 1. The van der Waals surface area contributed by atoms with Crippen molar-refractivity contribution < 1.29 is 14.6 Å². The number of rotatable bonds is 6. The smallest absolute Gasteiger partial charge is 0.183 e. The van der Waals surface area contributed by atoms with E-state index in [4.69, 9.17) is 9.47 Å². The van der Waals surface area contributed by atoms with Crippen molar-refractivity contribution in [3.63, 3.8) is 0 Å². The Morgan fingerprint density at radius 3 is 2.86 bits per heavy atom. The molecular formula is C16H26N2O3. The first kappa shape index (κ1) is 16.0. The number of piperidine rings is 1. The van der Waals surface area contributed by atoms with E-state index in [9.17, 15) is 5.11 Å². The molecule has 1 aromatic rings. The van der Waals surface area contributed by atoms with Crippen molar-refractivity contribution >= 4 is 0 Å². The van der Waals surface area contributed by atoms with Crippen molar-refractivity contribution in [2.24, 2.45) is 0 Å². The molecule has 0 saturated carbocycles. The lowest BCUT2D eigenvalue weighted by Crippen LogP contribution is -2.40. The minimum Gasteiger partial charge on any atom is -0.493 e. The van der Waals surface area contributed by atoms with Crippen molar-refractivity contribution in [3.8, 4) is 11.5 Å². The molecule has 2 atom stereocenters. The number of hydrogen-bond donors (Lipinski definition) is 1. The van der Waals surface area contributed by atoms with Gasteiger partial charge >= 0.3 is 0 Å². The average molecular weight is 294 g/mol. The van der Waals surface area contributed by atoms with E-state index in [1.54, 1.807) is 20.4 Å². The number of aliphatic hydroxyl groups excluding tert-OH is 1. The molecule has 1 aromatic heterocycles. The van der Waals surface area contributed by atoms with Gasteiger partial charge in [0.2, 0.25) is 0 Å². The molecule has 0 amide bonds. The van der Waals surface area contributed by atoms with Crippen LogP contribution in [0.5, 0.6) is 11.5 Å². The van der Waals surface area contributed by atoms with Gasteiger partial charge in [-0.25, -0.2) is 0 Å². The Morgan fingerprint density at radius 1 is 1.38 bits per heavy atom. The summed E-state index contributed by atoms with van der Waals surface area (Å²) >= 11 is 0. The van der Waals surface area contributed by atoms with E-state index in [-0.39, 0.29) is 6.10 Å². The molecule has 0 aromatic carbocycles. The number of pyridine rings is 1. The summed E-state index contributed by atoms with van der Waals surface area (Å²) in [5, 5.41) is 9.68. The van der Waals surface area contributed by atoms with Crippen LogP contribution in [-0.4, -0.2) is 47.9 Å². The van der Waals surface area contributed by atoms with Crippen LogP contribution in [0.1, 0.15) is 38.3 Å². The van der Waals surface area contributed by atoms with Crippen LogP contribution in [0.25, 0.3) is 0 Å². The highest BCUT2D eigenvalue weighted by atomic mass is 16.5. The Morgan fingerprint density at radius 2 is 2.19 bits per heavy atom. The molecular weight excluding hydrogens is 268 g/mol. The van der Waals surface area contributed by atoms with E-state index in [0.29, 0.717) is 17.5 Å². The van der Waals surface area contributed by atoms with Gasteiger partial charge < -0.3 is 14.6 Å². The molecule has 0 radical (unpaired) electrons. The molecule has 0 aliphatic carbocycles. The van der Waals surface area contributed by atoms with Crippen molar-refractivity contribution in [1.82, 2.24) is 9.88 Å². The normalized spacial score (nSPS) is 21.0. The Hall–Kier alpha value is -1.33. The van der Waals surface area contributed by atoms with Gasteiger partial charge in [-0.15, -0.1) is 0 Å². The second-order valence-corrected chi connectivity index (χ2v) is 5.70. The molecule has 2 rings (SSSR count). The zero-order valence-corrected chi connectivity index (χ0v) is 13.2. The SMILES string of the molecule is COc1ccnc(CN2CCCCC2CC(C)O)c1OC. The first-order valence-electron chi connectivity index (χ1n) is 7.63. The molecule has 5 heteroatoms. The van der Waals surface area contributed by atoms with Crippen molar-refractivity contribution in [2.45, 2.75) is 51.3 Å². The maximum absolute atomic E-state index is 9.68. The first-order valence-corrected chi connectivity index (χ1v) is 7.63. The van der Waals surface area contributed by atoms with E-state index >= 15 is 0 Å². The van der Waals surface area contributed by atoms with Crippen LogP contribution in [-0.2, 0) is 6.54 Å². The topological polar surface area (TPSA) is 54.8 Å². The lowest BCUT2D eigenvalue weighted by atomic mass is 9.97. The van der Waals surface area contributed by atoms with Crippen molar-refractivity contribution in [3.05, 3.63) is 18.0 Å². The van der Waals surface area contributed by atoms with E-state index in [2.05, 4.69) is 9.88 Å². The van der Waals surface area contributed by atoms with Gasteiger partial charge in [0.05, 0.1) is 20.3 Å². The fourth-order valence-corrected chi connectivity index (χ4v) is 3.08. The highest BCUT2D eigenvalue weighted by Gasteiger charge is 2.25. The highest BCUT2D eigenvalue weighted by molar-refractivity contribution is 5.42. The lowest BCUT2D eigenvalue weighted by molar-refractivity contribution is 0.0802. The first-order chi connectivity index (χ1) is 10.2. The van der Waals surface area contributed by atoms with Crippen LogP contribution in [0.15, 0.2) is 12.3 Å². The van der Waals surface area contributed by atoms with E-state index in [0.717, 1.165) is 31.6 Å². The zero-order valence-electron chi connectivity index (χ0n) is 13.2. The molecule has 0 spiro atoms. The molecule has 21 heavy (non-hydrogen) atoms. The van der Waals surface area contributed by atoms with Gasteiger partial charge in [0, 0.05) is 24.8 Å². The molecule has 2 unspecified atom stereocenters. The van der Waals surface area contributed by atoms with E-state index < -0.39 is 0 Å². The minimum atomic E-state index is -0.268. The van der Waals surface area contributed by atoms with Crippen molar-refractivity contribution in [1.29, 1.82) is 0 Å². The minimum absolute atomic E-state index is 0.268. The molecule has 5 nitrogen and oxygen atoms in total. The standard InChI is InChI=1S/C16H26N2O3/c1-12(19)10-13-6-4-5-9-18(13)11-14-16(21-3)15(20-2)7-8-17-14/h7-8,12-13,19H,4-6,9-11H2,1-3H3. The summed E-state index contributed by atoms with van der Waals surface area (Å²) in [6, 6.07) is 2.22. The van der Waals surface area contributed by atoms with Crippen LogP contribution in [0.4, 0.5) is 0 Å². The predicted octanol–water partition coefficient (Wildman–Crippen LogP) is 2.22. The Bertz CT molecular complexity index is 451. The quantitative estimate of drug-likeness (QED) is 0.872. The largest absolute Gasteiger partial charge is 0.493 e. The monoisotopic (exact) mass is 294 g/mol. The molecule has 1 N–H and O–H groups in total. The second kappa shape index (κ2) is 7.61. The van der Waals surface area contributed by atoms with Crippen LogP contribution in [0.2, 0.25) is 0 Å². The predicted molar refractivity (Wildman–Crippen MR) is 81.7 cm³/mol. The van der Waals surface area contributed by atoms with Gasteiger partial charge in [0.1, 0.15) is 5.69 Å². The van der Waals surface area contributed by atoms with Gasteiger partial charge in [0.25, 0.3) is 0 Å². The molecule has 118 valence electrons. The second-order valence-electron chi connectivity index (χ2n) is 5.70. The summed E-state index contributed by atoms with van der Waals surface area (Å²) in [6.07, 6.45) is 5.86. The van der Waals surface area contributed by atoms with Crippen LogP contribution >= 0.6 is 0 Å². The van der Waals surface area contributed by atoms with E-state index in [1.807, 2.05) is 13.0 Å². The summed E-state index contributed by atoms with van der Waals surface area (Å²) in [5.74, 6) is 1.42.